The number of para-hydroxylation sites is 1. The van der Waals surface area contributed by atoms with Gasteiger partial charge < -0.3 is 10.6 Å². The first-order valence-corrected chi connectivity index (χ1v) is 7.45. The van der Waals surface area contributed by atoms with Crippen LogP contribution in [0.4, 0.5) is 15.8 Å². The molecule has 2 aromatic carbocycles. The van der Waals surface area contributed by atoms with E-state index in [9.17, 15) is 9.18 Å². The van der Waals surface area contributed by atoms with Crippen molar-refractivity contribution in [2.75, 3.05) is 10.6 Å². The molecular weight excluding hydrogens is 335 g/mol. The van der Waals surface area contributed by atoms with Crippen LogP contribution in [0.3, 0.4) is 0 Å². The Morgan fingerprint density at radius 2 is 2.14 bits per heavy atom. The van der Waals surface area contributed by atoms with E-state index in [1.54, 1.807) is 6.07 Å². The van der Waals surface area contributed by atoms with Crippen molar-refractivity contribution in [2.45, 2.75) is 19.4 Å². The highest BCUT2D eigenvalue weighted by Crippen LogP contribution is 2.27. The van der Waals surface area contributed by atoms with Gasteiger partial charge in [-0.05, 0) is 52.2 Å². The molecule has 1 amide bonds. The molecule has 2 aromatic rings. The van der Waals surface area contributed by atoms with Crippen LogP contribution < -0.4 is 10.6 Å². The van der Waals surface area contributed by atoms with Crippen molar-refractivity contribution in [1.29, 1.82) is 0 Å². The van der Waals surface area contributed by atoms with E-state index in [2.05, 4.69) is 26.6 Å². The number of benzene rings is 2. The highest BCUT2D eigenvalue weighted by molar-refractivity contribution is 9.10. The van der Waals surface area contributed by atoms with E-state index in [0.717, 1.165) is 16.8 Å². The molecule has 2 N–H and O–H groups in total. The molecule has 1 aliphatic rings. The van der Waals surface area contributed by atoms with Crippen molar-refractivity contribution >= 4 is 33.2 Å². The standard InChI is InChI=1S/C16H14BrFN2O/c1-9-6-11(17)12(18)8-14(9)20-16(21)15-7-10-4-2-3-5-13(10)19-15/h2-6,8,15,19H,7H2,1H3,(H,20,21)/t15-/m0/s1. The van der Waals surface area contributed by atoms with Crippen molar-refractivity contribution < 1.29 is 9.18 Å². The van der Waals surface area contributed by atoms with Crippen molar-refractivity contribution in [3.05, 3.63) is 57.8 Å². The molecule has 3 rings (SSSR count). The van der Waals surface area contributed by atoms with Gasteiger partial charge >= 0.3 is 0 Å². The normalized spacial score (nSPS) is 16.2. The quantitative estimate of drug-likeness (QED) is 0.864. The fraction of sp³-hybridized carbons (Fsp3) is 0.188. The maximum Gasteiger partial charge on any atom is 0.247 e. The van der Waals surface area contributed by atoms with Gasteiger partial charge in [0, 0.05) is 17.8 Å². The second kappa shape index (κ2) is 5.48. The number of rotatable bonds is 2. The summed E-state index contributed by atoms with van der Waals surface area (Å²) in [6.45, 7) is 1.83. The summed E-state index contributed by atoms with van der Waals surface area (Å²) >= 11 is 3.13. The summed E-state index contributed by atoms with van der Waals surface area (Å²) in [5.74, 6) is -0.547. The summed E-state index contributed by atoms with van der Waals surface area (Å²) in [4.78, 5) is 12.3. The van der Waals surface area contributed by atoms with Crippen molar-refractivity contribution in [1.82, 2.24) is 0 Å². The SMILES string of the molecule is Cc1cc(Br)c(F)cc1NC(=O)[C@@H]1Cc2ccccc2N1. The third kappa shape index (κ3) is 2.78. The molecule has 21 heavy (non-hydrogen) atoms. The van der Waals surface area contributed by atoms with Crippen LogP contribution in [0.2, 0.25) is 0 Å². The minimum absolute atomic E-state index is 0.156. The molecule has 0 saturated heterocycles. The van der Waals surface area contributed by atoms with Crippen molar-refractivity contribution in [2.24, 2.45) is 0 Å². The van der Waals surface area contributed by atoms with E-state index in [4.69, 9.17) is 0 Å². The predicted octanol–water partition coefficient (Wildman–Crippen LogP) is 3.87. The summed E-state index contributed by atoms with van der Waals surface area (Å²) in [6, 6.07) is 10.5. The summed E-state index contributed by atoms with van der Waals surface area (Å²) < 4.78 is 14.0. The second-order valence-corrected chi connectivity index (χ2v) is 5.98. The Labute approximate surface area is 130 Å². The van der Waals surface area contributed by atoms with Crippen LogP contribution in [-0.2, 0) is 11.2 Å². The summed E-state index contributed by atoms with van der Waals surface area (Å²) in [5, 5.41) is 5.98. The molecule has 0 aliphatic carbocycles. The molecule has 0 spiro atoms. The smallest absolute Gasteiger partial charge is 0.247 e. The number of hydrogen-bond acceptors (Lipinski definition) is 2. The molecule has 5 heteroatoms. The van der Waals surface area contributed by atoms with E-state index in [-0.39, 0.29) is 11.9 Å². The van der Waals surface area contributed by atoms with Gasteiger partial charge in [-0.2, -0.15) is 0 Å². The average molecular weight is 349 g/mol. The van der Waals surface area contributed by atoms with E-state index >= 15 is 0 Å². The number of nitrogens with one attached hydrogen (secondary N) is 2. The Balaban J connectivity index is 1.75. The Kier molecular flexibility index (Phi) is 3.68. The number of halogens is 2. The number of hydrogen-bond donors (Lipinski definition) is 2. The van der Waals surface area contributed by atoms with E-state index in [1.807, 2.05) is 31.2 Å². The zero-order chi connectivity index (χ0) is 15.0. The molecule has 0 radical (unpaired) electrons. The minimum atomic E-state index is -0.390. The maximum atomic E-state index is 13.6. The van der Waals surface area contributed by atoms with Crippen LogP contribution in [0.5, 0.6) is 0 Å². The Bertz CT molecular complexity index is 692. The zero-order valence-corrected chi connectivity index (χ0v) is 13.0. The molecule has 1 atom stereocenters. The van der Waals surface area contributed by atoms with Crippen LogP contribution in [0.25, 0.3) is 0 Å². The number of aryl methyl sites for hydroxylation is 1. The molecule has 1 heterocycles. The molecule has 3 nitrogen and oxygen atoms in total. The third-order valence-corrected chi connectivity index (χ3v) is 4.22. The van der Waals surface area contributed by atoms with Gasteiger partial charge in [-0.3, -0.25) is 4.79 Å². The Morgan fingerprint density at radius 3 is 2.90 bits per heavy atom. The first-order chi connectivity index (χ1) is 10.0. The van der Waals surface area contributed by atoms with Gasteiger partial charge in [0.25, 0.3) is 0 Å². The lowest BCUT2D eigenvalue weighted by atomic mass is 10.1. The predicted molar refractivity (Wildman–Crippen MR) is 85.0 cm³/mol. The van der Waals surface area contributed by atoms with Crippen LogP contribution >= 0.6 is 15.9 Å². The zero-order valence-electron chi connectivity index (χ0n) is 11.4. The summed E-state index contributed by atoms with van der Waals surface area (Å²) in [7, 11) is 0. The molecule has 1 aliphatic heterocycles. The van der Waals surface area contributed by atoms with Gasteiger partial charge in [-0.15, -0.1) is 0 Å². The third-order valence-electron chi connectivity index (χ3n) is 3.61. The first-order valence-electron chi connectivity index (χ1n) is 6.65. The monoisotopic (exact) mass is 348 g/mol. The topological polar surface area (TPSA) is 41.1 Å². The number of fused-ring (bicyclic) bond motifs is 1. The Hall–Kier alpha value is -1.88. The van der Waals surface area contributed by atoms with Gasteiger partial charge in [0.15, 0.2) is 0 Å². The number of amides is 1. The fourth-order valence-electron chi connectivity index (χ4n) is 2.46. The molecule has 0 fully saturated rings. The lowest BCUT2D eigenvalue weighted by Gasteiger charge is -2.14. The second-order valence-electron chi connectivity index (χ2n) is 5.13. The number of carbonyl (C=O) groups is 1. The van der Waals surface area contributed by atoms with Gasteiger partial charge in [-0.25, -0.2) is 4.39 Å². The molecular formula is C16H14BrFN2O. The van der Waals surface area contributed by atoms with Gasteiger partial charge in [0.2, 0.25) is 5.91 Å². The largest absolute Gasteiger partial charge is 0.373 e. The maximum absolute atomic E-state index is 13.6. The highest BCUT2D eigenvalue weighted by Gasteiger charge is 2.26. The lowest BCUT2D eigenvalue weighted by molar-refractivity contribution is -0.116. The number of anilines is 2. The molecule has 108 valence electrons. The van der Waals surface area contributed by atoms with Crippen molar-refractivity contribution in [3.8, 4) is 0 Å². The summed E-state index contributed by atoms with van der Waals surface area (Å²) in [6.07, 6.45) is 0.639. The van der Waals surface area contributed by atoms with Gasteiger partial charge in [0.1, 0.15) is 11.9 Å². The Morgan fingerprint density at radius 1 is 1.38 bits per heavy atom. The number of carbonyl (C=O) groups excluding carboxylic acids is 1. The van der Waals surface area contributed by atoms with E-state index < -0.39 is 5.82 Å². The summed E-state index contributed by atoms with van der Waals surface area (Å²) in [5.41, 5.74) is 3.42. The van der Waals surface area contributed by atoms with Gasteiger partial charge in [-0.1, -0.05) is 18.2 Å². The lowest BCUT2D eigenvalue weighted by Crippen LogP contribution is -2.33. The molecule has 0 bridgehead atoms. The van der Waals surface area contributed by atoms with Crippen LogP contribution in [0.1, 0.15) is 11.1 Å². The van der Waals surface area contributed by atoms with Crippen LogP contribution in [-0.4, -0.2) is 11.9 Å². The van der Waals surface area contributed by atoms with Crippen molar-refractivity contribution in [3.63, 3.8) is 0 Å². The fourth-order valence-corrected chi connectivity index (χ4v) is 2.91. The first kappa shape index (κ1) is 14.1. The highest BCUT2D eigenvalue weighted by atomic mass is 79.9. The minimum Gasteiger partial charge on any atom is -0.373 e. The van der Waals surface area contributed by atoms with E-state index in [1.165, 1.54) is 6.07 Å². The molecule has 0 unspecified atom stereocenters. The average Bonchev–Trinajstić information content (AvgIpc) is 2.88. The van der Waals surface area contributed by atoms with Gasteiger partial charge in [0.05, 0.1) is 4.47 Å². The molecule has 0 aromatic heterocycles. The molecule has 0 saturated carbocycles. The van der Waals surface area contributed by atoms with Crippen LogP contribution in [0, 0.1) is 12.7 Å². The van der Waals surface area contributed by atoms with E-state index in [0.29, 0.717) is 16.6 Å². The van der Waals surface area contributed by atoms with Crippen LogP contribution in [0.15, 0.2) is 40.9 Å².